The zero-order chi connectivity index (χ0) is 11.7. The van der Waals surface area contributed by atoms with Crippen LogP contribution in [0.25, 0.3) is 0 Å². The third-order valence-corrected chi connectivity index (χ3v) is 1.52. The van der Waals surface area contributed by atoms with Crippen LogP contribution in [0.4, 0.5) is 0 Å². The van der Waals surface area contributed by atoms with Gasteiger partial charge in [0.05, 0.1) is 19.4 Å². The lowest BCUT2D eigenvalue weighted by atomic mass is 10.3. The molecule has 0 aromatic carbocycles. The van der Waals surface area contributed by atoms with Crippen molar-refractivity contribution in [1.29, 1.82) is 0 Å². The summed E-state index contributed by atoms with van der Waals surface area (Å²) in [6, 6.07) is 0. The molecule has 0 saturated carbocycles. The van der Waals surface area contributed by atoms with Gasteiger partial charge in [-0.15, -0.1) is 0 Å². The molecule has 0 aromatic heterocycles. The summed E-state index contributed by atoms with van der Waals surface area (Å²) in [4.78, 5) is 32.0. The van der Waals surface area contributed by atoms with Gasteiger partial charge in [0.2, 0.25) is 5.91 Å². The summed E-state index contributed by atoms with van der Waals surface area (Å²) in [5, 5.41) is 10.7. The third-order valence-electron chi connectivity index (χ3n) is 1.52. The third kappa shape index (κ3) is 8.73. The Morgan fingerprint density at radius 1 is 1.20 bits per heavy atom. The lowest BCUT2D eigenvalue weighted by Crippen LogP contribution is -2.26. The van der Waals surface area contributed by atoms with Crippen molar-refractivity contribution in [3.05, 3.63) is 0 Å². The summed E-state index contributed by atoms with van der Waals surface area (Å²) in [6.45, 7) is 2.06. The highest BCUT2D eigenvalue weighted by atomic mass is 16.5. The zero-order valence-electron chi connectivity index (χ0n) is 8.62. The smallest absolute Gasteiger partial charge is 0.306 e. The maximum atomic E-state index is 11.0. The van der Waals surface area contributed by atoms with Gasteiger partial charge < -0.3 is 15.2 Å². The molecular formula is C9H15NO5. The molecule has 6 nitrogen and oxygen atoms in total. The first-order chi connectivity index (χ1) is 7.06. The quantitative estimate of drug-likeness (QED) is 0.582. The van der Waals surface area contributed by atoms with Crippen molar-refractivity contribution in [3.63, 3.8) is 0 Å². The SMILES string of the molecule is CCOC(=O)CCC(=O)NCCC(=O)O. The Bertz CT molecular complexity index is 239. The van der Waals surface area contributed by atoms with Crippen molar-refractivity contribution in [2.45, 2.75) is 26.2 Å². The molecule has 0 aliphatic carbocycles. The van der Waals surface area contributed by atoms with E-state index in [1.165, 1.54) is 0 Å². The molecule has 2 N–H and O–H groups in total. The summed E-state index contributed by atoms with van der Waals surface area (Å²) in [5.74, 6) is -1.74. The van der Waals surface area contributed by atoms with Gasteiger partial charge in [-0.25, -0.2) is 0 Å². The van der Waals surface area contributed by atoms with E-state index in [-0.39, 0.29) is 31.7 Å². The fraction of sp³-hybridized carbons (Fsp3) is 0.667. The number of ether oxygens (including phenoxy) is 1. The normalized spacial score (nSPS) is 9.40. The predicted octanol–water partition coefficient (Wildman–Crippen LogP) is -0.0794. The number of carbonyl (C=O) groups excluding carboxylic acids is 2. The molecule has 0 aliphatic rings. The number of nitrogens with one attached hydrogen (secondary N) is 1. The first kappa shape index (κ1) is 13.4. The molecule has 0 radical (unpaired) electrons. The van der Waals surface area contributed by atoms with Gasteiger partial charge in [-0.05, 0) is 6.92 Å². The summed E-state index contributed by atoms with van der Waals surface area (Å²) < 4.78 is 4.62. The van der Waals surface area contributed by atoms with Crippen molar-refractivity contribution in [2.24, 2.45) is 0 Å². The molecule has 6 heteroatoms. The molecule has 0 spiro atoms. The van der Waals surface area contributed by atoms with Crippen molar-refractivity contribution in [1.82, 2.24) is 5.32 Å². The molecule has 0 aliphatic heterocycles. The van der Waals surface area contributed by atoms with Crippen LogP contribution in [0.1, 0.15) is 26.2 Å². The predicted molar refractivity (Wildman–Crippen MR) is 51.1 cm³/mol. The van der Waals surface area contributed by atoms with Gasteiger partial charge in [0.1, 0.15) is 0 Å². The Balaban J connectivity index is 3.49. The lowest BCUT2D eigenvalue weighted by molar-refractivity contribution is -0.144. The minimum atomic E-state index is -0.972. The number of amides is 1. The molecule has 86 valence electrons. The minimum Gasteiger partial charge on any atom is -0.481 e. The molecular weight excluding hydrogens is 202 g/mol. The fourth-order valence-corrected chi connectivity index (χ4v) is 0.846. The van der Waals surface area contributed by atoms with E-state index in [1.807, 2.05) is 0 Å². The molecule has 0 saturated heterocycles. The Morgan fingerprint density at radius 2 is 1.87 bits per heavy atom. The molecule has 0 unspecified atom stereocenters. The highest BCUT2D eigenvalue weighted by molar-refractivity contribution is 5.81. The minimum absolute atomic E-state index is 0.0206. The summed E-state index contributed by atoms with van der Waals surface area (Å²) in [6.07, 6.45) is -0.0731. The van der Waals surface area contributed by atoms with Crippen LogP contribution in [0.15, 0.2) is 0 Å². The molecule has 0 bridgehead atoms. The van der Waals surface area contributed by atoms with Crippen LogP contribution < -0.4 is 5.32 Å². The number of esters is 1. The summed E-state index contributed by atoms with van der Waals surface area (Å²) in [7, 11) is 0. The summed E-state index contributed by atoms with van der Waals surface area (Å²) in [5.41, 5.74) is 0. The first-order valence-corrected chi connectivity index (χ1v) is 4.70. The lowest BCUT2D eigenvalue weighted by Gasteiger charge is -2.03. The van der Waals surface area contributed by atoms with Gasteiger partial charge in [0.15, 0.2) is 0 Å². The van der Waals surface area contributed by atoms with E-state index in [9.17, 15) is 14.4 Å². The van der Waals surface area contributed by atoms with Crippen LogP contribution in [0, 0.1) is 0 Å². The van der Waals surface area contributed by atoms with Crippen LogP contribution in [0.2, 0.25) is 0 Å². The highest BCUT2D eigenvalue weighted by Crippen LogP contribution is 1.92. The van der Waals surface area contributed by atoms with E-state index >= 15 is 0 Å². The van der Waals surface area contributed by atoms with Crippen molar-refractivity contribution in [3.8, 4) is 0 Å². The standard InChI is InChI=1S/C9H15NO5/c1-2-15-9(14)4-3-7(11)10-6-5-8(12)13/h2-6H2,1H3,(H,10,11)(H,12,13). The van der Waals surface area contributed by atoms with Crippen LogP contribution in [-0.2, 0) is 19.1 Å². The van der Waals surface area contributed by atoms with Crippen molar-refractivity contribution in [2.75, 3.05) is 13.2 Å². The maximum Gasteiger partial charge on any atom is 0.306 e. The molecule has 15 heavy (non-hydrogen) atoms. The Kier molecular flexibility index (Phi) is 6.96. The van der Waals surface area contributed by atoms with E-state index in [0.717, 1.165) is 0 Å². The number of carboxylic acids is 1. The molecule has 0 aromatic rings. The first-order valence-electron chi connectivity index (χ1n) is 4.70. The number of carbonyl (C=O) groups is 3. The van der Waals surface area contributed by atoms with Gasteiger partial charge in [-0.3, -0.25) is 14.4 Å². The number of carboxylic acid groups (broad SMARTS) is 1. The van der Waals surface area contributed by atoms with E-state index in [1.54, 1.807) is 6.92 Å². The van der Waals surface area contributed by atoms with E-state index < -0.39 is 11.9 Å². The number of hydrogen-bond acceptors (Lipinski definition) is 4. The van der Waals surface area contributed by atoms with Crippen LogP contribution >= 0.6 is 0 Å². The second kappa shape index (κ2) is 7.78. The van der Waals surface area contributed by atoms with E-state index in [0.29, 0.717) is 6.61 Å². The van der Waals surface area contributed by atoms with Crippen LogP contribution in [0.3, 0.4) is 0 Å². The van der Waals surface area contributed by atoms with E-state index in [2.05, 4.69) is 10.1 Å². The average Bonchev–Trinajstić information content (AvgIpc) is 2.14. The van der Waals surface area contributed by atoms with Crippen molar-refractivity contribution < 1.29 is 24.2 Å². The summed E-state index contributed by atoms with van der Waals surface area (Å²) >= 11 is 0. The van der Waals surface area contributed by atoms with Gasteiger partial charge in [0, 0.05) is 13.0 Å². The van der Waals surface area contributed by atoms with E-state index in [4.69, 9.17) is 5.11 Å². The Labute approximate surface area is 87.6 Å². The number of hydrogen-bond donors (Lipinski definition) is 2. The highest BCUT2D eigenvalue weighted by Gasteiger charge is 2.07. The van der Waals surface area contributed by atoms with Gasteiger partial charge >= 0.3 is 11.9 Å². The average molecular weight is 217 g/mol. The van der Waals surface area contributed by atoms with Gasteiger partial charge in [0.25, 0.3) is 0 Å². The number of rotatable bonds is 7. The van der Waals surface area contributed by atoms with Crippen molar-refractivity contribution >= 4 is 17.8 Å². The Morgan fingerprint density at radius 3 is 2.40 bits per heavy atom. The Hall–Kier alpha value is -1.59. The second-order valence-corrected chi connectivity index (χ2v) is 2.80. The van der Waals surface area contributed by atoms with Gasteiger partial charge in [-0.2, -0.15) is 0 Å². The zero-order valence-corrected chi connectivity index (χ0v) is 8.62. The largest absolute Gasteiger partial charge is 0.481 e. The van der Waals surface area contributed by atoms with Crippen LogP contribution in [-0.4, -0.2) is 36.1 Å². The van der Waals surface area contributed by atoms with Crippen LogP contribution in [0.5, 0.6) is 0 Å². The fourth-order valence-electron chi connectivity index (χ4n) is 0.846. The van der Waals surface area contributed by atoms with Gasteiger partial charge in [-0.1, -0.05) is 0 Å². The monoisotopic (exact) mass is 217 g/mol. The molecule has 0 heterocycles. The maximum absolute atomic E-state index is 11.0. The molecule has 1 amide bonds. The molecule has 0 atom stereocenters. The molecule has 0 fully saturated rings. The topological polar surface area (TPSA) is 92.7 Å². The second-order valence-electron chi connectivity index (χ2n) is 2.80. The number of aliphatic carboxylic acids is 1. The molecule has 0 rings (SSSR count).